The van der Waals surface area contributed by atoms with Gasteiger partial charge in [0.1, 0.15) is 5.82 Å². The Labute approximate surface area is 107 Å². The fourth-order valence-corrected chi connectivity index (χ4v) is 1.50. The van der Waals surface area contributed by atoms with Crippen LogP contribution in [0.1, 0.15) is 25.8 Å². The monoisotopic (exact) mass is 247 g/mol. The molecule has 3 heteroatoms. The van der Waals surface area contributed by atoms with E-state index < -0.39 is 5.82 Å². The normalized spacial score (nSPS) is 11.9. The van der Waals surface area contributed by atoms with Gasteiger partial charge in [-0.15, -0.1) is 0 Å². The van der Waals surface area contributed by atoms with Crippen molar-refractivity contribution in [2.45, 2.75) is 27.2 Å². The molecule has 1 aromatic carbocycles. The van der Waals surface area contributed by atoms with Crippen LogP contribution in [-0.2, 0) is 4.79 Å². The maximum Gasteiger partial charge on any atom is 0.248 e. The highest BCUT2D eigenvalue weighted by Gasteiger charge is 2.04. The lowest BCUT2D eigenvalue weighted by Crippen LogP contribution is -2.09. The van der Waals surface area contributed by atoms with Crippen LogP contribution in [0.15, 0.2) is 42.0 Å². The summed E-state index contributed by atoms with van der Waals surface area (Å²) in [6.07, 6.45) is 5.95. The second-order valence-corrected chi connectivity index (χ2v) is 4.02. The van der Waals surface area contributed by atoms with E-state index in [2.05, 4.69) is 5.32 Å². The highest BCUT2D eigenvalue weighted by molar-refractivity contribution is 5.99. The SMILES string of the molecule is CC=C(C=CC(=O)Nc1ccc(C)cc1F)CC. The number of amides is 1. The number of anilines is 1. The molecule has 0 aliphatic heterocycles. The van der Waals surface area contributed by atoms with Gasteiger partial charge in [0.15, 0.2) is 0 Å². The Morgan fingerprint density at radius 1 is 1.39 bits per heavy atom. The van der Waals surface area contributed by atoms with E-state index in [1.54, 1.807) is 25.1 Å². The first-order valence-corrected chi connectivity index (χ1v) is 5.97. The summed E-state index contributed by atoms with van der Waals surface area (Å²) >= 11 is 0. The lowest BCUT2D eigenvalue weighted by Gasteiger charge is -2.04. The van der Waals surface area contributed by atoms with Gasteiger partial charge in [-0.3, -0.25) is 4.79 Å². The van der Waals surface area contributed by atoms with Gasteiger partial charge in [-0.2, -0.15) is 0 Å². The minimum Gasteiger partial charge on any atom is -0.320 e. The zero-order valence-corrected chi connectivity index (χ0v) is 11.0. The molecule has 0 saturated carbocycles. The molecule has 1 N–H and O–H groups in total. The summed E-state index contributed by atoms with van der Waals surface area (Å²) in [6.45, 7) is 5.73. The van der Waals surface area contributed by atoms with Gasteiger partial charge in [-0.25, -0.2) is 4.39 Å². The van der Waals surface area contributed by atoms with E-state index in [1.807, 2.05) is 19.9 Å². The van der Waals surface area contributed by atoms with E-state index in [0.29, 0.717) is 0 Å². The van der Waals surface area contributed by atoms with Gasteiger partial charge in [-0.05, 0) is 38.0 Å². The van der Waals surface area contributed by atoms with Crippen molar-refractivity contribution in [2.75, 3.05) is 5.32 Å². The fourth-order valence-electron chi connectivity index (χ4n) is 1.50. The molecule has 0 spiro atoms. The Kier molecular flexibility index (Phi) is 5.31. The predicted molar refractivity (Wildman–Crippen MR) is 73.0 cm³/mol. The molecule has 0 unspecified atom stereocenters. The molecule has 0 atom stereocenters. The predicted octanol–water partition coefficient (Wildman–Crippen LogP) is 3.99. The maximum absolute atomic E-state index is 13.5. The third kappa shape index (κ3) is 4.17. The molecule has 1 amide bonds. The molecule has 18 heavy (non-hydrogen) atoms. The average Bonchev–Trinajstić information content (AvgIpc) is 2.34. The molecular formula is C15H18FNO. The lowest BCUT2D eigenvalue weighted by atomic mass is 10.2. The van der Waals surface area contributed by atoms with Crippen LogP contribution in [0.2, 0.25) is 0 Å². The first-order valence-electron chi connectivity index (χ1n) is 5.97. The summed E-state index contributed by atoms with van der Waals surface area (Å²) < 4.78 is 13.5. The quantitative estimate of drug-likeness (QED) is 0.632. The Morgan fingerprint density at radius 3 is 2.67 bits per heavy atom. The molecule has 0 bridgehead atoms. The van der Waals surface area contributed by atoms with Crippen LogP contribution in [0.25, 0.3) is 0 Å². The first-order chi connectivity index (χ1) is 8.56. The van der Waals surface area contributed by atoms with Gasteiger partial charge >= 0.3 is 0 Å². The van der Waals surface area contributed by atoms with E-state index >= 15 is 0 Å². The smallest absolute Gasteiger partial charge is 0.248 e. The second kappa shape index (κ2) is 6.74. The average molecular weight is 247 g/mol. The van der Waals surface area contributed by atoms with Gasteiger partial charge < -0.3 is 5.32 Å². The third-order valence-corrected chi connectivity index (χ3v) is 2.61. The number of nitrogens with one attached hydrogen (secondary N) is 1. The van der Waals surface area contributed by atoms with Crippen LogP contribution < -0.4 is 5.32 Å². The number of allylic oxidation sites excluding steroid dienone is 3. The van der Waals surface area contributed by atoms with Crippen LogP contribution in [0.3, 0.4) is 0 Å². The Hall–Kier alpha value is -1.90. The number of rotatable bonds is 4. The standard InChI is InChI=1S/C15H18FNO/c1-4-12(5-2)7-9-15(18)17-14-8-6-11(3)10-13(14)16/h4,6-10H,5H2,1-3H3,(H,17,18). The van der Waals surface area contributed by atoms with E-state index in [-0.39, 0.29) is 11.6 Å². The zero-order chi connectivity index (χ0) is 13.5. The number of carbonyl (C=O) groups excluding carboxylic acids is 1. The number of aryl methyl sites for hydroxylation is 1. The number of halogens is 1. The van der Waals surface area contributed by atoms with Gasteiger partial charge in [-0.1, -0.05) is 30.7 Å². The van der Waals surface area contributed by atoms with Crippen LogP contribution in [0.4, 0.5) is 10.1 Å². The highest BCUT2D eigenvalue weighted by Crippen LogP contribution is 2.15. The minimum absolute atomic E-state index is 0.203. The summed E-state index contributed by atoms with van der Waals surface area (Å²) in [4.78, 5) is 11.6. The number of carbonyl (C=O) groups is 1. The molecule has 1 aromatic rings. The van der Waals surface area contributed by atoms with Crippen molar-refractivity contribution < 1.29 is 9.18 Å². The summed E-state index contributed by atoms with van der Waals surface area (Å²) in [7, 11) is 0. The number of hydrogen-bond acceptors (Lipinski definition) is 1. The molecule has 0 saturated heterocycles. The van der Waals surface area contributed by atoms with Gasteiger partial charge in [0.25, 0.3) is 0 Å². The highest BCUT2D eigenvalue weighted by atomic mass is 19.1. The molecule has 0 radical (unpaired) electrons. The van der Waals surface area contributed by atoms with Crippen LogP contribution in [0, 0.1) is 12.7 Å². The van der Waals surface area contributed by atoms with Gasteiger partial charge in [0.2, 0.25) is 5.91 Å². The van der Waals surface area contributed by atoms with Crippen molar-refractivity contribution in [1.82, 2.24) is 0 Å². The summed E-state index contributed by atoms with van der Waals surface area (Å²) in [5, 5.41) is 2.51. The van der Waals surface area contributed by atoms with Gasteiger partial charge in [0, 0.05) is 6.08 Å². The lowest BCUT2D eigenvalue weighted by molar-refractivity contribution is -0.111. The topological polar surface area (TPSA) is 29.1 Å². The van der Waals surface area contributed by atoms with Crippen LogP contribution in [0.5, 0.6) is 0 Å². The van der Waals surface area contributed by atoms with E-state index in [4.69, 9.17) is 0 Å². The molecule has 0 heterocycles. The Balaban J connectivity index is 2.71. The summed E-state index contributed by atoms with van der Waals surface area (Å²) in [5.41, 5.74) is 2.09. The molecule has 0 fully saturated rings. The van der Waals surface area contributed by atoms with E-state index in [9.17, 15) is 9.18 Å². The summed E-state index contributed by atoms with van der Waals surface area (Å²) in [5.74, 6) is -0.746. The van der Waals surface area contributed by atoms with E-state index in [1.165, 1.54) is 12.1 Å². The first kappa shape index (κ1) is 14.2. The largest absolute Gasteiger partial charge is 0.320 e. The fraction of sp³-hybridized carbons (Fsp3) is 0.267. The summed E-state index contributed by atoms with van der Waals surface area (Å²) in [6, 6.07) is 4.71. The minimum atomic E-state index is -0.418. The van der Waals surface area contributed by atoms with E-state index in [0.717, 1.165) is 17.6 Å². The molecule has 0 aliphatic carbocycles. The van der Waals surface area contributed by atoms with Crippen molar-refractivity contribution in [3.8, 4) is 0 Å². The maximum atomic E-state index is 13.5. The Morgan fingerprint density at radius 2 is 2.11 bits per heavy atom. The number of hydrogen-bond donors (Lipinski definition) is 1. The second-order valence-electron chi connectivity index (χ2n) is 4.02. The third-order valence-electron chi connectivity index (χ3n) is 2.61. The molecule has 0 aliphatic rings. The zero-order valence-electron chi connectivity index (χ0n) is 11.0. The molecule has 0 aromatic heterocycles. The Bertz CT molecular complexity index is 489. The number of benzene rings is 1. The molecule has 96 valence electrons. The molecule has 1 rings (SSSR count). The van der Waals surface area contributed by atoms with Crippen molar-refractivity contribution in [3.05, 3.63) is 53.4 Å². The van der Waals surface area contributed by atoms with Crippen LogP contribution in [-0.4, -0.2) is 5.91 Å². The van der Waals surface area contributed by atoms with Crippen molar-refractivity contribution in [1.29, 1.82) is 0 Å². The van der Waals surface area contributed by atoms with Crippen molar-refractivity contribution in [2.24, 2.45) is 0 Å². The molecule has 2 nitrogen and oxygen atoms in total. The van der Waals surface area contributed by atoms with Crippen LogP contribution >= 0.6 is 0 Å². The molecular weight excluding hydrogens is 229 g/mol. The van der Waals surface area contributed by atoms with Crippen molar-refractivity contribution >= 4 is 11.6 Å². The van der Waals surface area contributed by atoms with Crippen molar-refractivity contribution in [3.63, 3.8) is 0 Å². The van der Waals surface area contributed by atoms with Gasteiger partial charge in [0.05, 0.1) is 5.69 Å².